The Bertz CT molecular complexity index is 672. The molecule has 0 saturated heterocycles. The van der Waals surface area contributed by atoms with E-state index < -0.39 is 0 Å². The standard InChI is InChI=1S/C13H10BrNO/c1-16-9-3-4-10-11-6-8(14)2-5-12(11)15-13(10)7-9/h2-7,15H,1H3. The highest BCUT2D eigenvalue weighted by atomic mass is 79.9. The van der Waals surface area contributed by atoms with Gasteiger partial charge in [0, 0.05) is 26.8 Å². The first-order valence-corrected chi connectivity index (χ1v) is 5.82. The first kappa shape index (κ1) is 9.73. The molecule has 0 saturated carbocycles. The van der Waals surface area contributed by atoms with Crippen molar-refractivity contribution in [1.29, 1.82) is 0 Å². The average molecular weight is 276 g/mol. The summed E-state index contributed by atoms with van der Waals surface area (Å²) in [5, 5.41) is 2.45. The number of methoxy groups -OCH3 is 1. The Balaban J connectivity index is 2.41. The Morgan fingerprint density at radius 1 is 1.00 bits per heavy atom. The third kappa shape index (κ3) is 1.39. The summed E-state index contributed by atoms with van der Waals surface area (Å²) in [6, 6.07) is 12.3. The number of aromatic amines is 1. The molecule has 2 nitrogen and oxygen atoms in total. The fourth-order valence-corrected chi connectivity index (χ4v) is 2.34. The molecule has 16 heavy (non-hydrogen) atoms. The fourth-order valence-electron chi connectivity index (χ4n) is 1.98. The molecule has 0 aliphatic carbocycles. The Morgan fingerprint density at radius 3 is 2.69 bits per heavy atom. The van der Waals surface area contributed by atoms with Gasteiger partial charge in [0.1, 0.15) is 5.75 Å². The minimum absolute atomic E-state index is 0.873. The molecule has 1 aromatic heterocycles. The molecule has 0 amide bonds. The molecule has 0 spiro atoms. The van der Waals surface area contributed by atoms with Crippen LogP contribution in [0.2, 0.25) is 0 Å². The molecular weight excluding hydrogens is 266 g/mol. The van der Waals surface area contributed by atoms with Crippen molar-refractivity contribution in [2.24, 2.45) is 0 Å². The van der Waals surface area contributed by atoms with Crippen molar-refractivity contribution >= 4 is 37.7 Å². The van der Waals surface area contributed by atoms with Crippen LogP contribution in [0.4, 0.5) is 0 Å². The zero-order valence-corrected chi connectivity index (χ0v) is 10.3. The summed E-state index contributed by atoms with van der Waals surface area (Å²) < 4.78 is 6.31. The molecule has 0 aliphatic rings. The summed E-state index contributed by atoms with van der Waals surface area (Å²) in [5.74, 6) is 0.873. The van der Waals surface area contributed by atoms with E-state index in [2.05, 4.69) is 39.1 Å². The van der Waals surface area contributed by atoms with Gasteiger partial charge in [0.25, 0.3) is 0 Å². The number of rotatable bonds is 1. The minimum Gasteiger partial charge on any atom is -0.497 e. The lowest BCUT2D eigenvalue weighted by atomic mass is 10.1. The maximum absolute atomic E-state index is 5.21. The lowest BCUT2D eigenvalue weighted by Gasteiger charge is -1.98. The molecule has 0 fully saturated rings. The number of benzene rings is 2. The number of H-pyrrole nitrogens is 1. The van der Waals surface area contributed by atoms with Gasteiger partial charge in [-0.3, -0.25) is 0 Å². The van der Waals surface area contributed by atoms with Gasteiger partial charge in [-0.05, 0) is 30.3 Å². The molecule has 3 aromatic rings. The maximum atomic E-state index is 5.21. The van der Waals surface area contributed by atoms with E-state index in [1.165, 1.54) is 10.8 Å². The van der Waals surface area contributed by atoms with Crippen molar-refractivity contribution in [3.8, 4) is 5.75 Å². The van der Waals surface area contributed by atoms with Crippen molar-refractivity contribution in [2.45, 2.75) is 0 Å². The van der Waals surface area contributed by atoms with E-state index in [0.29, 0.717) is 0 Å². The summed E-state index contributed by atoms with van der Waals surface area (Å²) >= 11 is 3.49. The SMILES string of the molecule is COc1ccc2c(c1)[nH]c1ccc(Br)cc12. The molecule has 0 bridgehead atoms. The van der Waals surface area contributed by atoms with E-state index in [1.54, 1.807) is 7.11 Å². The highest BCUT2D eigenvalue weighted by Gasteiger charge is 2.05. The smallest absolute Gasteiger partial charge is 0.120 e. The first-order valence-electron chi connectivity index (χ1n) is 5.03. The van der Waals surface area contributed by atoms with Gasteiger partial charge in [0.05, 0.1) is 12.6 Å². The Morgan fingerprint density at radius 2 is 1.88 bits per heavy atom. The second kappa shape index (κ2) is 3.52. The van der Waals surface area contributed by atoms with E-state index in [9.17, 15) is 0 Å². The summed E-state index contributed by atoms with van der Waals surface area (Å²) in [6.45, 7) is 0. The van der Waals surface area contributed by atoms with Crippen molar-refractivity contribution in [3.05, 3.63) is 40.9 Å². The van der Waals surface area contributed by atoms with Gasteiger partial charge in [0.15, 0.2) is 0 Å². The van der Waals surface area contributed by atoms with E-state index in [1.807, 2.05) is 18.2 Å². The van der Waals surface area contributed by atoms with Crippen LogP contribution in [0.25, 0.3) is 21.8 Å². The van der Waals surface area contributed by atoms with Crippen LogP contribution in [0.1, 0.15) is 0 Å². The number of hydrogen-bond donors (Lipinski definition) is 1. The monoisotopic (exact) mass is 275 g/mol. The van der Waals surface area contributed by atoms with E-state index in [0.717, 1.165) is 21.3 Å². The third-order valence-corrected chi connectivity index (χ3v) is 3.26. The van der Waals surface area contributed by atoms with Crippen LogP contribution in [0.15, 0.2) is 40.9 Å². The lowest BCUT2D eigenvalue weighted by molar-refractivity contribution is 0.415. The molecule has 0 radical (unpaired) electrons. The van der Waals surface area contributed by atoms with Crippen LogP contribution in [-0.4, -0.2) is 12.1 Å². The van der Waals surface area contributed by atoms with Crippen LogP contribution < -0.4 is 4.74 Å². The normalized spacial score (nSPS) is 11.1. The quantitative estimate of drug-likeness (QED) is 0.711. The van der Waals surface area contributed by atoms with E-state index in [4.69, 9.17) is 4.74 Å². The highest BCUT2D eigenvalue weighted by molar-refractivity contribution is 9.10. The molecule has 1 heterocycles. The molecule has 3 rings (SSSR count). The average Bonchev–Trinajstić information content (AvgIpc) is 2.66. The highest BCUT2D eigenvalue weighted by Crippen LogP contribution is 2.30. The van der Waals surface area contributed by atoms with Gasteiger partial charge in [-0.2, -0.15) is 0 Å². The van der Waals surface area contributed by atoms with E-state index in [-0.39, 0.29) is 0 Å². The minimum atomic E-state index is 0.873. The van der Waals surface area contributed by atoms with Crippen LogP contribution >= 0.6 is 15.9 Å². The Kier molecular flexibility index (Phi) is 2.14. The van der Waals surface area contributed by atoms with Gasteiger partial charge in [0.2, 0.25) is 0 Å². The van der Waals surface area contributed by atoms with Crippen LogP contribution in [-0.2, 0) is 0 Å². The summed E-state index contributed by atoms with van der Waals surface area (Å²) in [5.41, 5.74) is 2.25. The Hall–Kier alpha value is -1.48. The molecule has 3 heteroatoms. The predicted molar refractivity (Wildman–Crippen MR) is 70.1 cm³/mol. The second-order valence-electron chi connectivity index (χ2n) is 3.73. The summed E-state index contributed by atoms with van der Waals surface area (Å²) in [7, 11) is 1.68. The Labute approximate surface area is 101 Å². The van der Waals surface area contributed by atoms with Crippen molar-refractivity contribution in [1.82, 2.24) is 4.98 Å². The number of nitrogens with one attached hydrogen (secondary N) is 1. The van der Waals surface area contributed by atoms with Crippen molar-refractivity contribution in [3.63, 3.8) is 0 Å². The number of aromatic nitrogens is 1. The second-order valence-corrected chi connectivity index (χ2v) is 4.64. The topological polar surface area (TPSA) is 25.0 Å². The number of halogens is 1. The van der Waals surface area contributed by atoms with Crippen LogP contribution in [0.5, 0.6) is 5.75 Å². The number of ether oxygens (including phenoxy) is 1. The largest absolute Gasteiger partial charge is 0.497 e. The molecule has 1 N–H and O–H groups in total. The van der Waals surface area contributed by atoms with Gasteiger partial charge in [-0.15, -0.1) is 0 Å². The summed E-state index contributed by atoms with van der Waals surface area (Å²) in [4.78, 5) is 3.38. The molecular formula is C13H10BrNO. The molecule has 0 aliphatic heterocycles. The maximum Gasteiger partial charge on any atom is 0.120 e. The van der Waals surface area contributed by atoms with Crippen molar-refractivity contribution in [2.75, 3.05) is 7.11 Å². The summed E-state index contributed by atoms with van der Waals surface area (Å²) in [6.07, 6.45) is 0. The molecule has 0 atom stereocenters. The molecule has 80 valence electrons. The van der Waals surface area contributed by atoms with Crippen LogP contribution in [0, 0.1) is 0 Å². The lowest BCUT2D eigenvalue weighted by Crippen LogP contribution is -1.80. The van der Waals surface area contributed by atoms with Gasteiger partial charge >= 0.3 is 0 Å². The van der Waals surface area contributed by atoms with E-state index >= 15 is 0 Å². The number of fused-ring (bicyclic) bond motifs is 3. The van der Waals surface area contributed by atoms with Gasteiger partial charge < -0.3 is 9.72 Å². The zero-order valence-electron chi connectivity index (χ0n) is 8.75. The van der Waals surface area contributed by atoms with Crippen molar-refractivity contribution < 1.29 is 4.74 Å². The first-order chi connectivity index (χ1) is 7.78. The predicted octanol–water partition coefficient (Wildman–Crippen LogP) is 4.09. The third-order valence-electron chi connectivity index (χ3n) is 2.77. The zero-order chi connectivity index (χ0) is 11.1. The van der Waals surface area contributed by atoms with Gasteiger partial charge in [-0.1, -0.05) is 15.9 Å². The van der Waals surface area contributed by atoms with Crippen LogP contribution in [0.3, 0.4) is 0 Å². The number of hydrogen-bond acceptors (Lipinski definition) is 1. The molecule has 2 aromatic carbocycles. The molecule has 0 unspecified atom stereocenters. The fraction of sp³-hybridized carbons (Fsp3) is 0.0769. The van der Waals surface area contributed by atoms with Gasteiger partial charge in [-0.25, -0.2) is 0 Å².